The average molecular weight is 172 g/mol. The monoisotopic (exact) mass is 172 g/mol. The lowest BCUT2D eigenvalue weighted by atomic mass is 10.7. The summed E-state index contributed by atoms with van der Waals surface area (Å²) in [4.78, 5) is 31.7. The molecule has 0 unspecified atom stereocenters. The van der Waals surface area contributed by atoms with E-state index in [1.165, 1.54) is 0 Å². The molecule has 0 aliphatic heterocycles. The molecule has 0 amide bonds. The number of carbonyl (C=O) groups excluding carboxylic acids is 2. The Morgan fingerprint density at radius 3 is 1.45 bits per heavy atom. The maximum Gasteiger partial charge on any atom is 0.459 e. The molecular weight excluding hydrogens is 170 g/mol. The zero-order valence-corrected chi connectivity index (χ0v) is 4.82. The summed E-state index contributed by atoms with van der Waals surface area (Å²) in [7, 11) is 0. The molecule has 0 aliphatic carbocycles. The van der Waals surface area contributed by atoms with E-state index in [2.05, 4.69) is 9.88 Å². The van der Waals surface area contributed by atoms with Crippen LogP contribution in [-0.4, -0.2) is 23.5 Å². The van der Waals surface area contributed by atoms with Gasteiger partial charge < -0.3 is 5.11 Å². The molecule has 0 heterocycles. The molecule has 0 spiro atoms. The van der Waals surface area contributed by atoms with Crippen LogP contribution < -0.4 is 0 Å². The molecule has 0 radical (unpaired) electrons. The fourth-order valence-electron chi connectivity index (χ4n) is 0.0630. The molecule has 0 fully saturated rings. The van der Waals surface area contributed by atoms with E-state index >= 15 is 0 Å². The smallest absolute Gasteiger partial charge is 0.459 e. The highest BCUT2D eigenvalue weighted by molar-refractivity contribution is 6.29. The molecule has 0 aromatic heterocycles. The minimum atomic E-state index is -2.02. The lowest BCUT2D eigenvalue weighted by Crippen LogP contribution is -2.13. The summed E-state index contributed by atoms with van der Waals surface area (Å²) in [6.45, 7) is -0.250. The summed E-state index contributed by atoms with van der Waals surface area (Å²) in [6, 6.07) is 0. The number of carboxylic acid groups (broad SMARTS) is 1. The van der Waals surface area contributed by atoms with E-state index in [4.69, 9.17) is 9.90 Å². The summed E-state index contributed by atoms with van der Waals surface area (Å²) >= 11 is 0. The van der Waals surface area contributed by atoms with E-state index in [1.54, 1.807) is 0 Å². The molecule has 0 aromatic carbocycles. The van der Waals surface area contributed by atoms with Crippen LogP contribution in [0, 0.1) is 0 Å². The van der Waals surface area contributed by atoms with Gasteiger partial charge in [-0.3, -0.25) is 4.79 Å². The highest BCUT2D eigenvalue weighted by Gasteiger charge is 2.18. The molecule has 0 aromatic rings. The highest BCUT2D eigenvalue weighted by Crippen LogP contribution is 1.83. The Kier molecular flexibility index (Phi) is 9.02. The number of rotatable bonds is 0. The topological polar surface area (TPSA) is 89.9 Å². The van der Waals surface area contributed by atoms with Gasteiger partial charge in [0.05, 0.1) is 0 Å². The van der Waals surface area contributed by atoms with Crippen LogP contribution >= 0.6 is 0 Å². The van der Waals surface area contributed by atoms with Gasteiger partial charge in [-0.15, -0.1) is 0 Å². The Balaban J connectivity index is 0. The molecule has 0 bridgehead atoms. The first-order valence-electron chi connectivity index (χ1n) is 1.87. The third-order valence-corrected chi connectivity index (χ3v) is 0.307. The summed E-state index contributed by atoms with van der Waals surface area (Å²) in [5.41, 5.74) is 0. The van der Waals surface area contributed by atoms with Crippen molar-refractivity contribution in [2.45, 2.75) is 0 Å². The summed E-state index contributed by atoms with van der Waals surface area (Å²) in [5, 5.41) is 6.89. The van der Waals surface area contributed by atoms with Gasteiger partial charge in [-0.25, -0.2) is 19.5 Å². The third-order valence-electron chi connectivity index (χ3n) is 0.307. The van der Waals surface area contributed by atoms with Crippen molar-refractivity contribution in [3.8, 4) is 0 Å². The van der Waals surface area contributed by atoms with E-state index < -0.39 is 11.9 Å². The maximum atomic E-state index is 10.5. The summed E-state index contributed by atoms with van der Waals surface area (Å²) in [6.07, 6.45) is 0. The number of halogens is 2. The number of carbonyl (C=O) groups is 3. The largest absolute Gasteiger partial charge is 0.483 e. The summed E-state index contributed by atoms with van der Waals surface area (Å²) in [5.74, 6) is -4.04. The number of hydrogen-bond donors (Lipinski definition) is 1. The normalized spacial score (nSPS) is 6.73. The Bertz CT molecular complexity index is 131. The van der Waals surface area contributed by atoms with E-state index in [1.807, 2.05) is 0 Å². The van der Waals surface area contributed by atoms with E-state index in [-0.39, 0.29) is 6.47 Å². The molecule has 0 atom stereocenters. The maximum absolute atomic E-state index is 10.5. The van der Waals surface area contributed by atoms with Crippen LogP contribution in [0.3, 0.4) is 0 Å². The lowest BCUT2D eigenvalue weighted by Gasteiger charge is -1.82. The van der Waals surface area contributed by atoms with Gasteiger partial charge >= 0.3 is 11.9 Å². The van der Waals surface area contributed by atoms with Gasteiger partial charge in [-0.05, 0) is 0 Å². The van der Waals surface area contributed by atoms with Crippen LogP contribution in [0.2, 0.25) is 0 Å². The van der Waals surface area contributed by atoms with E-state index in [0.717, 1.165) is 0 Å². The molecule has 0 saturated carbocycles. The molecule has 1 N–H and O–H groups in total. The van der Waals surface area contributed by atoms with E-state index in [0.29, 0.717) is 0 Å². The zero-order valence-electron chi connectivity index (χ0n) is 4.82. The van der Waals surface area contributed by atoms with Crippen molar-refractivity contribution in [3.63, 3.8) is 0 Å². The molecule has 0 rings (SSSR count). The predicted octanol–water partition coefficient (Wildman–Crippen LogP) is -0.457. The molecule has 8 heteroatoms. The first-order chi connectivity index (χ1) is 5.13. The van der Waals surface area contributed by atoms with Gasteiger partial charge in [0.2, 0.25) is 0 Å². The fourth-order valence-corrected chi connectivity index (χ4v) is 0.0630. The average Bonchev–Trinajstić information content (AvgIpc) is 2.03. The lowest BCUT2D eigenvalue weighted by molar-refractivity contribution is -0.212. The van der Waals surface area contributed by atoms with Crippen molar-refractivity contribution in [2.24, 2.45) is 0 Å². The van der Waals surface area contributed by atoms with E-state index in [9.17, 15) is 18.6 Å². The van der Waals surface area contributed by atoms with Crippen molar-refractivity contribution < 1.29 is 38.4 Å². The predicted molar refractivity (Wildman–Crippen MR) is 23.1 cm³/mol. The zero-order chi connectivity index (χ0) is 9.28. The second kappa shape index (κ2) is 8.27. The van der Waals surface area contributed by atoms with Crippen LogP contribution in [0.1, 0.15) is 0 Å². The second-order valence-corrected chi connectivity index (χ2v) is 0.835. The molecule has 11 heavy (non-hydrogen) atoms. The molecule has 0 saturated heterocycles. The van der Waals surface area contributed by atoms with Crippen molar-refractivity contribution in [1.82, 2.24) is 0 Å². The fraction of sp³-hybridized carbons (Fsp3) is 0. The molecule has 0 aliphatic rings. The van der Waals surface area contributed by atoms with Crippen LogP contribution in [-0.2, 0) is 24.3 Å². The first-order valence-corrected chi connectivity index (χ1v) is 1.87. The minimum Gasteiger partial charge on any atom is -0.483 e. The van der Waals surface area contributed by atoms with Crippen LogP contribution in [0.5, 0.6) is 0 Å². The van der Waals surface area contributed by atoms with Crippen LogP contribution in [0.4, 0.5) is 9.05 Å². The van der Waals surface area contributed by atoms with Crippen LogP contribution in [0.25, 0.3) is 0 Å². The molecular formula is C3H2F2O6. The number of hydrogen-bond acceptors (Lipinski definition) is 5. The van der Waals surface area contributed by atoms with Crippen LogP contribution in [0.15, 0.2) is 0 Å². The molecule has 64 valence electrons. The van der Waals surface area contributed by atoms with Gasteiger partial charge in [0.15, 0.2) is 0 Å². The van der Waals surface area contributed by atoms with Crippen molar-refractivity contribution in [2.75, 3.05) is 0 Å². The van der Waals surface area contributed by atoms with Gasteiger partial charge in [0, 0.05) is 9.05 Å². The van der Waals surface area contributed by atoms with Gasteiger partial charge in [-0.1, -0.05) is 0 Å². The quantitative estimate of drug-likeness (QED) is 0.392. The van der Waals surface area contributed by atoms with Gasteiger partial charge in [0.25, 0.3) is 6.47 Å². The Labute approximate surface area is 58.1 Å². The van der Waals surface area contributed by atoms with Crippen molar-refractivity contribution in [3.05, 3.63) is 0 Å². The minimum absolute atomic E-state index is 0.250. The first kappa shape index (κ1) is 12.0. The highest BCUT2D eigenvalue weighted by atomic mass is 19.3. The Hall–Kier alpha value is -1.73. The standard InChI is InChI=1S/C2F2O4.CH2O2/c3-7-1(5)2(6)8-4;2-1-3/h;1H,(H,2,3). The SMILES string of the molecule is O=C(OF)C(=O)OF.O=CO. The Morgan fingerprint density at radius 2 is 1.36 bits per heavy atom. The second-order valence-electron chi connectivity index (χ2n) is 0.835. The summed E-state index contributed by atoms with van der Waals surface area (Å²) < 4.78 is 21.0. The van der Waals surface area contributed by atoms with Crippen molar-refractivity contribution >= 4 is 18.4 Å². The van der Waals surface area contributed by atoms with Gasteiger partial charge in [0.1, 0.15) is 0 Å². The molecule has 6 nitrogen and oxygen atoms in total. The van der Waals surface area contributed by atoms with Gasteiger partial charge in [-0.2, -0.15) is 0 Å². The Morgan fingerprint density at radius 1 is 1.18 bits per heavy atom. The third kappa shape index (κ3) is 8.27. The van der Waals surface area contributed by atoms with Crippen molar-refractivity contribution in [1.29, 1.82) is 0 Å².